The van der Waals surface area contributed by atoms with Crippen molar-refractivity contribution in [1.82, 2.24) is 10.2 Å². The molecule has 1 aromatic carbocycles. The van der Waals surface area contributed by atoms with Crippen molar-refractivity contribution in [2.45, 2.75) is 38.4 Å². The smallest absolute Gasteiger partial charge is 0.274 e. The van der Waals surface area contributed by atoms with Crippen LogP contribution < -0.4 is 5.32 Å². The lowest BCUT2D eigenvalue weighted by molar-refractivity contribution is -0.385. The molecule has 1 N–H and O–H groups in total. The predicted octanol–water partition coefficient (Wildman–Crippen LogP) is 1.58. The number of amides is 1. The number of nitrogens with one attached hydrogen (secondary N) is 1. The fourth-order valence-electron chi connectivity index (χ4n) is 3.09. The molecule has 0 aromatic heterocycles. The van der Waals surface area contributed by atoms with Crippen LogP contribution in [0.15, 0.2) is 18.2 Å². The van der Waals surface area contributed by atoms with Gasteiger partial charge in [-0.3, -0.25) is 19.8 Å². The minimum Gasteiger partial charge on any atom is -0.355 e. The van der Waals surface area contributed by atoms with Gasteiger partial charge in [-0.15, -0.1) is 0 Å². The molecule has 1 amide bonds. The van der Waals surface area contributed by atoms with Gasteiger partial charge in [-0.05, 0) is 24.8 Å². The van der Waals surface area contributed by atoms with Crippen molar-refractivity contribution in [2.24, 2.45) is 0 Å². The van der Waals surface area contributed by atoms with Gasteiger partial charge in [0.1, 0.15) is 0 Å². The fourth-order valence-corrected chi connectivity index (χ4v) is 3.09. The van der Waals surface area contributed by atoms with Crippen LogP contribution in [0.1, 0.15) is 30.4 Å². The number of nitro benzene ring substituents is 1. The van der Waals surface area contributed by atoms with Crippen molar-refractivity contribution in [1.29, 1.82) is 0 Å². The van der Waals surface area contributed by atoms with Gasteiger partial charge in [-0.25, -0.2) is 0 Å². The van der Waals surface area contributed by atoms with Crippen LogP contribution >= 0.6 is 0 Å². The van der Waals surface area contributed by atoms with Gasteiger partial charge in [0, 0.05) is 31.3 Å². The first kappa shape index (κ1) is 13.1. The maximum Gasteiger partial charge on any atom is 0.274 e. The second-order valence-corrected chi connectivity index (χ2v) is 5.38. The Morgan fingerprint density at radius 1 is 1.30 bits per heavy atom. The van der Waals surface area contributed by atoms with Crippen molar-refractivity contribution in [3.05, 3.63) is 39.4 Å². The van der Waals surface area contributed by atoms with E-state index in [1.54, 1.807) is 6.07 Å². The molecule has 0 radical (unpaired) electrons. The molecule has 0 bridgehead atoms. The van der Waals surface area contributed by atoms with E-state index in [0.29, 0.717) is 13.1 Å². The van der Waals surface area contributed by atoms with E-state index in [4.69, 9.17) is 0 Å². The van der Waals surface area contributed by atoms with Crippen molar-refractivity contribution in [3.8, 4) is 0 Å². The Labute approximate surface area is 116 Å². The van der Waals surface area contributed by atoms with Gasteiger partial charge in [-0.1, -0.05) is 12.1 Å². The van der Waals surface area contributed by atoms with E-state index in [-0.39, 0.29) is 22.6 Å². The van der Waals surface area contributed by atoms with Crippen LogP contribution in [-0.4, -0.2) is 28.3 Å². The SMILES string of the molecule is O=C1NCCCC[C@@H]1N1Cc2cccc([N+](=O)[O-])c2C1. The Morgan fingerprint density at radius 2 is 2.15 bits per heavy atom. The second-order valence-electron chi connectivity index (χ2n) is 5.38. The molecule has 3 rings (SSSR count). The summed E-state index contributed by atoms with van der Waals surface area (Å²) in [7, 11) is 0. The number of carbonyl (C=O) groups excluding carboxylic acids is 1. The maximum atomic E-state index is 12.1. The molecule has 0 spiro atoms. The highest BCUT2D eigenvalue weighted by molar-refractivity contribution is 5.82. The minimum absolute atomic E-state index is 0.0537. The molecule has 106 valence electrons. The standard InChI is InChI=1S/C14H17N3O3/c18-14-13(5-1-2-7-15-14)16-8-10-4-3-6-12(17(19)20)11(10)9-16/h3-4,6,13H,1-2,5,7-9H2,(H,15,18)/t13-/m0/s1. The molecule has 1 fully saturated rings. The van der Waals surface area contributed by atoms with Crippen molar-refractivity contribution in [3.63, 3.8) is 0 Å². The van der Waals surface area contributed by atoms with Gasteiger partial charge in [0.05, 0.1) is 11.0 Å². The lowest BCUT2D eigenvalue weighted by atomic mass is 10.1. The average molecular weight is 275 g/mol. The molecule has 0 saturated carbocycles. The summed E-state index contributed by atoms with van der Waals surface area (Å²) in [6.45, 7) is 1.84. The molecule has 2 aliphatic rings. The summed E-state index contributed by atoms with van der Waals surface area (Å²) in [4.78, 5) is 24.9. The lowest BCUT2D eigenvalue weighted by Crippen LogP contribution is -2.43. The second kappa shape index (κ2) is 5.20. The van der Waals surface area contributed by atoms with Crippen LogP contribution in [-0.2, 0) is 17.9 Å². The number of rotatable bonds is 2. The Bertz CT molecular complexity index is 559. The molecule has 2 aliphatic heterocycles. The third-order valence-electron chi connectivity index (χ3n) is 4.13. The summed E-state index contributed by atoms with van der Waals surface area (Å²) in [6.07, 6.45) is 2.84. The van der Waals surface area contributed by atoms with Gasteiger partial charge in [0.2, 0.25) is 5.91 Å². The van der Waals surface area contributed by atoms with Crippen LogP contribution in [0.4, 0.5) is 5.69 Å². The van der Waals surface area contributed by atoms with Crippen molar-refractivity contribution >= 4 is 11.6 Å². The Kier molecular flexibility index (Phi) is 3.40. The molecule has 0 unspecified atom stereocenters. The van der Waals surface area contributed by atoms with Gasteiger partial charge in [0.25, 0.3) is 5.69 Å². The number of hydrogen-bond acceptors (Lipinski definition) is 4. The number of hydrogen-bond donors (Lipinski definition) is 1. The first-order valence-corrected chi connectivity index (χ1v) is 6.94. The van der Waals surface area contributed by atoms with Crippen LogP contribution in [0.25, 0.3) is 0 Å². The average Bonchev–Trinajstić information content (AvgIpc) is 2.74. The summed E-state index contributed by atoms with van der Waals surface area (Å²) in [5, 5.41) is 14.0. The maximum absolute atomic E-state index is 12.1. The van der Waals surface area contributed by atoms with E-state index >= 15 is 0 Å². The number of nitro groups is 1. The molecule has 1 saturated heterocycles. The van der Waals surface area contributed by atoms with Crippen molar-refractivity contribution in [2.75, 3.05) is 6.54 Å². The number of fused-ring (bicyclic) bond motifs is 1. The Balaban J connectivity index is 1.84. The molecule has 0 aliphatic carbocycles. The molecule has 1 aromatic rings. The molecular weight excluding hydrogens is 258 g/mol. The van der Waals surface area contributed by atoms with Crippen molar-refractivity contribution < 1.29 is 9.72 Å². The minimum atomic E-state index is -0.338. The third-order valence-corrected chi connectivity index (χ3v) is 4.13. The molecule has 1 atom stereocenters. The zero-order valence-electron chi connectivity index (χ0n) is 11.2. The van der Waals surface area contributed by atoms with E-state index < -0.39 is 0 Å². The topological polar surface area (TPSA) is 75.5 Å². The van der Waals surface area contributed by atoms with Crippen LogP contribution in [0, 0.1) is 10.1 Å². The van der Waals surface area contributed by atoms with E-state index in [2.05, 4.69) is 10.2 Å². The van der Waals surface area contributed by atoms with Gasteiger partial charge < -0.3 is 5.32 Å². The Morgan fingerprint density at radius 3 is 2.95 bits per heavy atom. The summed E-state index contributed by atoms with van der Waals surface area (Å²) in [5.41, 5.74) is 1.89. The highest BCUT2D eigenvalue weighted by Crippen LogP contribution is 2.32. The normalized spacial score (nSPS) is 23.0. The number of benzene rings is 1. The van der Waals surface area contributed by atoms with Gasteiger partial charge in [0.15, 0.2) is 0 Å². The monoisotopic (exact) mass is 275 g/mol. The molecule has 6 heteroatoms. The summed E-state index contributed by atoms with van der Waals surface area (Å²) in [6, 6.07) is 5.00. The summed E-state index contributed by atoms with van der Waals surface area (Å²) < 4.78 is 0. The van der Waals surface area contributed by atoms with Crippen LogP contribution in [0.3, 0.4) is 0 Å². The quantitative estimate of drug-likeness (QED) is 0.656. The van der Waals surface area contributed by atoms with Crippen LogP contribution in [0.2, 0.25) is 0 Å². The van der Waals surface area contributed by atoms with E-state index in [9.17, 15) is 14.9 Å². The van der Waals surface area contributed by atoms with E-state index in [1.807, 2.05) is 6.07 Å². The van der Waals surface area contributed by atoms with Gasteiger partial charge >= 0.3 is 0 Å². The molecule has 2 heterocycles. The van der Waals surface area contributed by atoms with E-state index in [0.717, 1.165) is 36.9 Å². The molecule has 20 heavy (non-hydrogen) atoms. The largest absolute Gasteiger partial charge is 0.355 e. The predicted molar refractivity (Wildman–Crippen MR) is 73.0 cm³/mol. The first-order valence-electron chi connectivity index (χ1n) is 6.94. The summed E-state index contributed by atoms with van der Waals surface area (Å²) in [5.74, 6) is 0.0537. The van der Waals surface area contributed by atoms with Crippen LogP contribution in [0.5, 0.6) is 0 Å². The highest BCUT2D eigenvalue weighted by atomic mass is 16.6. The van der Waals surface area contributed by atoms with E-state index in [1.165, 1.54) is 6.07 Å². The zero-order valence-corrected chi connectivity index (χ0v) is 11.2. The Hall–Kier alpha value is -1.95. The number of carbonyl (C=O) groups is 1. The third kappa shape index (κ3) is 2.27. The highest BCUT2D eigenvalue weighted by Gasteiger charge is 2.34. The zero-order chi connectivity index (χ0) is 14.1. The van der Waals surface area contributed by atoms with Gasteiger partial charge in [-0.2, -0.15) is 0 Å². The molecule has 6 nitrogen and oxygen atoms in total. The number of nitrogens with zero attached hydrogens (tertiary/aromatic N) is 2. The fraction of sp³-hybridized carbons (Fsp3) is 0.500. The lowest BCUT2D eigenvalue weighted by Gasteiger charge is -2.24. The summed E-state index contributed by atoms with van der Waals surface area (Å²) >= 11 is 0. The molecular formula is C14H17N3O3. The first-order chi connectivity index (χ1) is 9.66.